The molecule has 5 nitrogen and oxygen atoms in total. The SMILES string of the molecule is O=C(O)c1ncc(CN2CCCCCC2)[nH]1. The van der Waals surface area contributed by atoms with Gasteiger partial charge < -0.3 is 10.1 Å². The molecule has 1 aromatic rings. The largest absolute Gasteiger partial charge is 0.475 e. The van der Waals surface area contributed by atoms with Crippen molar-refractivity contribution in [3.05, 3.63) is 17.7 Å². The van der Waals surface area contributed by atoms with E-state index >= 15 is 0 Å². The number of hydrogen-bond donors (Lipinski definition) is 2. The first-order valence-electron chi connectivity index (χ1n) is 5.75. The van der Waals surface area contributed by atoms with E-state index in [1.807, 2.05) is 0 Å². The molecule has 0 saturated carbocycles. The molecule has 0 aromatic carbocycles. The molecule has 2 rings (SSSR count). The van der Waals surface area contributed by atoms with Crippen molar-refractivity contribution >= 4 is 5.97 Å². The summed E-state index contributed by atoms with van der Waals surface area (Å²) in [4.78, 5) is 19.7. The van der Waals surface area contributed by atoms with Crippen LogP contribution in [0.4, 0.5) is 0 Å². The van der Waals surface area contributed by atoms with Gasteiger partial charge in [-0.1, -0.05) is 12.8 Å². The molecule has 1 aliphatic rings. The number of aromatic carboxylic acids is 1. The predicted molar refractivity (Wildman–Crippen MR) is 59.3 cm³/mol. The van der Waals surface area contributed by atoms with Gasteiger partial charge in [0, 0.05) is 12.2 Å². The first-order valence-corrected chi connectivity index (χ1v) is 5.75. The smallest absolute Gasteiger partial charge is 0.371 e. The zero-order chi connectivity index (χ0) is 11.4. The molecular formula is C11H17N3O2. The second-order valence-corrected chi connectivity index (χ2v) is 4.25. The fraction of sp³-hybridized carbons (Fsp3) is 0.636. The summed E-state index contributed by atoms with van der Waals surface area (Å²) in [5, 5.41) is 8.74. The molecule has 1 saturated heterocycles. The molecule has 0 bridgehead atoms. The molecule has 0 spiro atoms. The molecule has 0 atom stereocenters. The molecule has 1 fully saturated rings. The summed E-state index contributed by atoms with van der Waals surface area (Å²) in [6, 6.07) is 0. The highest BCUT2D eigenvalue weighted by atomic mass is 16.4. The van der Waals surface area contributed by atoms with E-state index in [9.17, 15) is 4.79 Å². The zero-order valence-electron chi connectivity index (χ0n) is 9.28. The van der Waals surface area contributed by atoms with Crippen LogP contribution in [0.25, 0.3) is 0 Å². The number of carbonyl (C=O) groups is 1. The molecule has 0 unspecified atom stereocenters. The summed E-state index contributed by atoms with van der Waals surface area (Å²) >= 11 is 0. The van der Waals surface area contributed by atoms with Crippen molar-refractivity contribution in [1.82, 2.24) is 14.9 Å². The van der Waals surface area contributed by atoms with E-state index in [4.69, 9.17) is 5.11 Å². The van der Waals surface area contributed by atoms with Gasteiger partial charge in [0.1, 0.15) is 0 Å². The van der Waals surface area contributed by atoms with E-state index < -0.39 is 5.97 Å². The lowest BCUT2D eigenvalue weighted by Gasteiger charge is -2.18. The van der Waals surface area contributed by atoms with Crippen LogP contribution in [0.1, 0.15) is 42.0 Å². The Bertz CT molecular complexity index is 354. The maximum Gasteiger partial charge on any atom is 0.371 e. The standard InChI is InChI=1S/C11H17N3O2/c15-11(16)10-12-7-9(13-10)8-14-5-3-1-2-4-6-14/h7H,1-6,8H2,(H,12,13)(H,15,16). The van der Waals surface area contributed by atoms with Crippen LogP contribution in [0.15, 0.2) is 6.20 Å². The Morgan fingerprint density at radius 1 is 1.38 bits per heavy atom. The third kappa shape index (κ3) is 2.82. The van der Waals surface area contributed by atoms with Crippen molar-refractivity contribution in [1.29, 1.82) is 0 Å². The highest BCUT2D eigenvalue weighted by Crippen LogP contribution is 2.12. The lowest BCUT2D eigenvalue weighted by atomic mass is 10.2. The minimum Gasteiger partial charge on any atom is -0.475 e. The summed E-state index contributed by atoms with van der Waals surface area (Å²) in [6.45, 7) is 2.98. The van der Waals surface area contributed by atoms with Crippen molar-refractivity contribution < 1.29 is 9.90 Å². The third-order valence-corrected chi connectivity index (χ3v) is 2.92. The monoisotopic (exact) mass is 223 g/mol. The van der Waals surface area contributed by atoms with E-state index in [2.05, 4.69) is 14.9 Å². The van der Waals surface area contributed by atoms with Crippen molar-refractivity contribution in [3.8, 4) is 0 Å². The fourth-order valence-electron chi connectivity index (χ4n) is 2.08. The van der Waals surface area contributed by atoms with Gasteiger partial charge in [0.25, 0.3) is 0 Å². The van der Waals surface area contributed by atoms with E-state index in [0.717, 1.165) is 25.3 Å². The van der Waals surface area contributed by atoms with Gasteiger partial charge in [0.05, 0.1) is 6.20 Å². The Morgan fingerprint density at radius 2 is 2.06 bits per heavy atom. The number of nitrogens with zero attached hydrogens (tertiary/aromatic N) is 2. The van der Waals surface area contributed by atoms with Gasteiger partial charge in [-0.2, -0.15) is 0 Å². The number of aromatic amines is 1. The quantitative estimate of drug-likeness (QED) is 0.814. The normalized spacial score (nSPS) is 18.2. The third-order valence-electron chi connectivity index (χ3n) is 2.92. The van der Waals surface area contributed by atoms with Gasteiger partial charge in [-0.05, 0) is 25.9 Å². The molecule has 0 radical (unpaired) electrons. The fourth-order valence-corrected chi connectivity index (χ4v) is 2.08. The Kier molecular flexibility index (Phi) is 3.56. The van der Waals surface area contributed by atoms with E-state index in [-0.39, 0.29) is 5.82 Å². The molecule has 0 aliphatic carbocycles. The molecular weight excluding hydrogens is 206 g/mol. The molecule has 5 heteroatoms. The molecule has 0 amide bonds. The number of H-pyrrole nitrogens is 1. The minimum absolute atomic E-state index is 0.0322. The molecule has 88 valence electrons. The van der Waals surface area contributed by atoms with Gasteiger partial charge in [-0.15, -0.1) is 0 Å². The number of imidazole rings is 1. The first-order chi connectivity index (χ1) is 7.75. The lowest BCUT2D eigenvalue weighted by molar-refractivity contribution is 0.0684. The summed E-state index contributed by atoms with van der Waals surface area (Å²) < 4.78 is 0. The number of nitrogens with one attached hydrogen (secondary N) is 1. The van der Waals surface area contributed by atoms with E-state index in [0.29, 0.717) is 0 Å². The van der Waals surface area contributed by atoms with Crippen molar-refractivity contribution in [2.24, 2.45) is 0 Å². The van der Waals surface area contributed by atoms with Crippen LogP contribution < -0.4 is 0 Å². The molecule has 16 heavy (non-hydrogen) atoms. The number of carboxylic acids is 1. The van der Waals surface area contributed by atoms with Crippen molar-refractivity contribution in [2.75, 3.05) is 13.1 Å². The van der Waals surface area contributed by atoms with Crippen LogP contribution in [0.3, 0.4) is 0 Å². The van der Waals surface area contributed by atoms with Gasteiger partial charge >= 0.3 is 5.97 Å². The Hall–Kier alpha value is -1.36. The maximum absolute atomic E-state index is 10.7. The van der Waals surface area contributed by atoms with Crippen LogP contribution in [-0.2, 0) is 6.54 Å². The van der Waals surface area contributed by atoms with Crippen LogP contribution in [0.5, 0.6) is 0 Å². The van der Waals surface area contributed by atoms with Crippen LogP contribution in [0.2, 0.25) is 0 Å². The topological polar surface area (TPSA) is 69.2 Å². The van der Waals surface area contributed by atoms with Gasteiger partial charge in [0.15, 0.2) is 0 Å². The lowest BCUT2D eigenvalue weighted by Crippen LogP contribution is -2.24. The summed E-state index contributed by atoms with van der Waals surface area (Å²) in [7, 11) is 0. The maximum atomic E-state index is 10.7. The molecule has 2 heterocycles. The second kappa shape index (κ2) is 5.12. The number of rotatable bonds is 3. The number of hydrogen-bond acceptors (Lipinski definition) is 3. The number of aromatic nitrogens is 2. The van der Waals surface area contributed by atoms with Crippen LogP contribution in [-0.4, -0.2) is 39.0 Å². The van der Waals surface area contributed by atoms with Gasteiger partial charge in [-0.3, -0.25) is 4.90 Å². The van der Waals surface area contributed by atoms with Crippen molar-refractivity contribution in [3.63, 3.8) is 0 Å². The van der Waals surface area contributed by atoms with Crippen LogP contribution in [0, 0.1) is 0 Å². The Morgan fingerprint density at radius 3 is 2.62 bits per heavy atom. The molecule has 1 aromatic heterocycles. The average Bonchev–Trinajstić information content (AvgIpc) is 2.56. The van der Waals surface area contributed by atoms with E-state index in [1.165, 1.54) is 25.7 Å². The molecule has 1 aliphatic heterocycles. The summed E-state index contributed by atoms with van der Waals surface area (Å²) in [5.41, 5.74) is 0.888. The zero-order valence-corrected chi connectivity index (χ0v) is 9.28. The molecule has 2 N–H and O–H groups in total. The van der Waals surface area contributed by atoms with Gasteiger partial charge in [0.2, 0.25) is 5.82 Å². The van der Waals surface area contributed by atoms with Crippen LogP contribution >= 0.6 is 0 Å². The number of likely N-dealkylation sites (tertiary alicyclic amines) is 1. The first kappa shape index (κ1) is 11.1. The Labute approximate surface area is 94.5 Å². The summed E-state index contributed by atoms with van der Waals surface area (Å²) in [6.07, 6.45) is 6.70. The predicted octanol–water partition coefficient (Wildman–Crippen LogP) is 1.48. The highest BCUT2D eigenvalue weighted by molar-refractivity contribution is 5.83. The van der Waals surface area contributed by atoms with E-state index in [1.54, 1.807) is 6.20 Å². The van der Waals surface area contributed by atoms with Gasteiger partial charge in [-0.25, -0.2) is 9.78 Å². The minimum atomic E-state index is -0.998. The highest BCUT2D eigenvalue weighted by Gasteiger charge is 2.12. The Balaban J connectivity index is 1.94. The van der Waals surface area contributed by atoms with Crippen molar-refractivity contribution in [2.45, 2.75) is 32.2 Å². The average molecular weight is 223 g/mol. The number of carboxylic acid groups (broad SMARTS) is 1. The second-order valence-electron chi connectivity index (χ2n) is 4.25. The summed E-state index contributed by atoms with van der Waals surface area (Å²) in [5.74, 6) is -0.966.